The number of nitrogens with zero attached hydrogens (tertiary/aromatic N) is 2. The van der Waals surface area contributed by atoms with E-state index in [1.54, 1.807) is 23.1 Å². The first-order valence-electron chi connectivity index (χ1n) is 12.1. The van der Waals surface area contributed by atoms with Gasteiger partial charge >= 0.3 is 6.03 Å². The van der Waals surface area contributed by atoms with Crippen LogP contribution in [0.4, 0.5) is 14.9 Å². The van der Waals surface area contributed by atoms with Crippen LogP contribution < -0.4 is 15.4 Å². The van der Waals surface area contributed by atoms with Gasteiger partial charge in [0.15, 0.2) is 0 Å². The summed E-state index contributed by atoms with van der Waals surface area (Å²) in [4.78, 5) is 15.1. The summed E-state index contributed by atoms with van der Waals surface area (Å²) in [7, 11) is -3.77. The molecule has 2 amide bonds. The smallest absolute Gasteiger partial charge is 0.322 e. The lowest BCUT2D eigenvalue weighted by atomic mass is 9.79. The number of hydrogen-bond donors (Lipinski definition) is 2. The van der Waals surface area contributed by atoms with E-state index in [9.17, 15) is 17.6 Å². The number of nitriles is 1. The van der Waals surface area contributed by atoms with Crippen molar-refractivity contribution in [2.45, 2.75) is 49.5 Å². The molecule has 0 aromatic heterocycles. The number of nitrogens with two attached hydrogens (primary N) is 1. The van der Waals surface area contributed by atoms with E-state index in [0.717, 1.165) is 59.2 Å². The average Bonchev–Trinajstić information content (AvgIpc) is 3.48. The van der Waals surface area contributed by atoms with Gasteiger partial charge in [0.25, 0.3) is 0 Å². The zero-order chi connectivity index (χ0) is 26.4. The van der Waals surface area contributed by atoms with E-state index in [1.165, 1.54) is 18.2 Å². The Bertz CT molecular complexity index is 1540. The summed E-state index contributed by atoms with van der Waals surface area (Å²) in [6, 6.07) is 16.6. The van der Waals surface area contributed by atoms with Crippen LogP contribution in [0.25, 0.3) is 11.1 Å². The molecule has 190 valence electrons. The van der Waals surface area contributed by atoms with Gasteiger partial charge in [0, 0.05) is 24.2 Å². The van der Waals surface area contributed by atoms with Crippen molar-refractivity contribution in [2.75, 3.05) is 11.4 Å². The van der Waals surface area contributed by atoms with Gasteiger partial charge in [-0.3, -0.25) is 4.90 Å². The van der Waals surface area contributed by atoms with Crippen LogP contribution in [-0.4, -0.2) is 21.0 Å². The largest absolute Gasteiger partial charge is 0.334 e. The fraction of sp³-hybridized carbons (Fsp3) is 0.286. The Kier molecular flexibility index (Phi) is 6.26. The van der Waals surface area contributed by atoms with Crippen molar-refractivity contribution < 1.29 is 17.6 Å². The molecule has 0 bridgehead atoms. The first-order valence-corrected chi connectivity index (χ1v) is 13.7. The standard InChI is InChI=1S/C28H27FN4O3S/c1-18-12-21(15-30)25(29)14-23(18)20-6-9-26-24(13-20)28(10-2-3-11-28)17-33(26)27(34)32-16-19-4-7-22(8-5-19)37(31,35)36/h4-9,12-14H,2-3,10-11,16-17H2,1H3,(H,32,34)(H2,31,35,36). The van der Waals surface area contributed by atoms with Crippen molar-refractivity contribution in [3.63, 3.8) is 0 Å². The van der Waals surface area contributed by atoms with E-state index < -0.39 is 15.8 Å². The van der Waals surface area contributed by atoms with Crippen LogP contribution in [0.15, 0.2) is 59.5 Å². The number of hydrogen-bond acceptors (Lipinski definition) is 4. The highest BCUT2D eigenvalue weighted by molar-refractivity contribution is 7.89. The molecule has 2 aliphatic rings. The number of benzene rings is 3. The maximum absolute atomic E-state index is 14.4. The van der Waals surface area contributed by atoms with Crippen LogP contribution >= 0.6 is 0 Å². The number of primary sulfonamides is 1. The van der Waals surface area contributed by atoms with E-state index in [-0.39, 0.29) is 28.4 Å². The molecule has 3 aromatic rings. The van der Waals surface area contributed by atoms with E-state index >= 15 is 0 Å². The zero-order valence-corrected chi connectivity index (χ0v) is 21.2. The third-order valence-electron chi connectivity index (χ3n) is 7.57. The number of aryl methyl sites for hydroxylation is 1. The van der Waals surface area contributed by atoms with Gasteiger partial charge in [0.2, 0.25) is 10.0 Å². The van der Waals surface area contributed by atoms with Gasteiger partial charge in [-0.15, -0.1) is 0 Å². The van der Waals surface area contributed by atoms with Crippen LogP contribution in [0.1, 0.15) is 47.9 Å². The summed E-state index contributed by atoms with van der Waals surface area (Å²) in [6.45, 7) is 2.68. The third-order valence-corrected chi connectivity index (χ3v) is 8.50. The Hall–Kier alpha value is -3.74. The highest BCUT2D eigenvalue weighted by Crippen LogP contribution is 2.51. The first kappa shape index (κ1) is 24.9. The van der Waals surface area contributed by atoms with Gasteiger partial charge < -0.3 is 5.32 Å². The van der Waals surface area contributed by atoms with E-state index in [2.05, 4.69) is 11.4 Å². The molecule has 1 spiro atoms. The number of amides is 2. The second-order valence-electron chi connectivity index (χ2n) is 9.91. The molecule has 1 aliphatic heterocycles. The number of urea groups is 1. The Labute approximate surface area is 215 Å². The lowest BCUT2D eigenvalue weighted by molar-refractivity contribution is 0.245. The molecule has 7 nitrogen and oxygen atoms in total. The molecule has 0 saturated heterocycles. The summed E-state index contributed by atoms with van der Waals surface area (Å²) in [5, 5.41) is 17.3. The van der Waals surface area contributed by atoms with Gasteiger partial charge in [-0.1, -0.05) is 31.0 Å². The first-order chi connectivity index (χ1) is 17.6. The Balaban J connectivity index is 1.42. The molecule has 1 saturated carbocycles. The minimum absolute atomic E-state index is 0.0207. The minimum atomic E-state index is -3.77. The summed E-state index contributed by atoms with van der Waals surface area (Å²) < 4.78 is 37.4. The number of carbonyl (C=O) groups is 1. The number of carbonyl (C=O) groups excluding carboxylic acids is 1. The molecular formula is C28H27FN4O3S. The number of sulfonamides is 1. The highest BCUT2D eigenvalue weighted by atomic mass is 32.2. The molecule has 1 fully saturated rings. The lowest BCUT2D eigenvalue weighted by Crippen LogP contribution is -2.41. The van der Waals surface area contributed by atoms with E-state index in [1.807, 2.05) is 25.1 Å². The molecule has 0 radical (unpaired) electrons. The monoisotopic (exact) mass is 518 g/mol. The topological polar surface area (TPSA) is 116 Å². The predicted octanol–water partition coefficient (Wildman–Crippen LogP) is 4.86. The Morgan fingerprint density at radius 2 is 1.84 bits per heavy atom. The molecule has 9 heteroatoms. The molecule has 3 N–H and O–H groups in total. The Morgan fingerprint density at radius 1 is 1.14 bits per heavy atom. The number of nitrogens with one attached hydrogen (secondary N) is 1. The second kappa shape index (κ2) is 9.29. The predicted molar refractivity (Wildman–Crippen MR) is 139 cm³/mol. The van der Waals surface area contributed by atoms with Crippen LogP contribution in [0.3, 0.4) is 0 Å². The molecule has 0 atom stereocenters. The summed E-state index contributed by atoms with van der Waals surface area (Å²) in [5.74, 6) is -0.544. The number of halogens is 1. The van der Waals surface area contributed by atoms with Gasteiger partial charge in [-0.25, -0.2) is 22.7 Å². The van der Waals surface area contributed by atoms with Gasteiger partial charge in [-0.2, -0.15) is 5.26 Å². The normalized spacial score (nSPS) is 16.0. The van der Waals surface area contributed by atoms with Crippen molar-refractivity contribution in [1.82, 2.24) is 5.32 Å². The van der Waals surface area contributed by atoms with Crippen LogP contribution in [0, 0.1) is 24.1 Å². The van der Waals surface area contributed by atoms with Gasteiger partial charge in [0.1, 0.15) is 11.9 Å². The van der Waals surface area contributed by atoms with Crippen molar-refractivity contribution in [2.24, 2.45) is 5.14 Å². The fourth-order valence-electron chi connectivity index (χ4n) is 5.65. The summed E-state index contributed by atoms with van der Waals surface area (Å²) >= 11 is 0. The number of fused-ring (bicyclic) bond motifs is 2. The zero-order valence-electron chi connectivity index (χ0n) is 20.4. The molecule has 0 unspecified atom stereocenters. The average molecular weight is 519 g/mol. The molecule has 1 heterocycles. The van der Waals surface area contributed by atoms with Crippen molar-refractivity contribution in [3.05, 3.63) is 82.7 Å². The van der Waals surface area contributed by atoms with E-state index in [0.29, 0.717) is 6.54 Å². The lowest BCUT2D eigenvalue weighted by Gasteiger charge is -2.25. The fourth-order valence-corrected chi connectivity index (χ4v) is 6.16. The Morgan fingerprint density at radius 3 is 2.49 bits per heavy atom. The second-order valence-corrected chi connectivity index (χ2v) is 11.5. The van der Waals surface area contributed by atoms with Crippen molar-refractivity contribution >= 4 is 21.7 Å². The number of rotatable bonds is 4. The molecule has 5 rings (SSSR count). The molecule has 1 aliphatic carbocycles. The van der Waals surface area contributed by atoms with Gasteiger partial charge in [0.05, 0.1) is 10.5 Å². The van der Waals surface area contributed by atoms with Crippen LogP contribution in [-0.2, 0) is 22.0 Å². The third kappa shape index (κ3) is 4.59. The quantitative estimate of drug-likeness (QED) is 0.513. The summed E-state index contributed by atoms with van der Waals surface area (Å²) in [5.41, 5.74) is 5.00. The van der Waals surface area contributed by atoms with Crippen LogP contribution in [0.2, 0.25) is 0 Å². The van der Waals surface area contributed by atoms with Crippen molar-refractivity contribution in [1.29, 1.82) is 5.26 Å². The van der Waals surface area contributed by atoms with Crippen molar-refractivity contribution in [3.8, 4) is 17.2 Å². The SMILES string of the molecule is Cc1cc(C#N)c(F)cc1-c1ccc2c(c1)C1(CCCC1)CN2C(=O)NCc1ccc(S(N)(=O)=O)cc1. The number of anilines is 1. The minimum Gasteiger partial charge on any atom is -0.334 e. The maximum Gasteiger partial charge on any atom is 0.322 e. The van der Waals surface area contributed by atoms with Gasteiger partial charge in [-0.05, 0) is 84.0 Å². The molecule has 37 heavy (non-hydrogen) atoms. The molecule has 3 aromatic carbocycles. The highest BCUT2D eigenvalue weighted by Gasteiger charge is 2.46. The van der Waals surface area contributed by atoms with Crippen LogP contribution in [0.5, 0.6) is 0 Å². The molecular weight excluding hydrogens is 491 g/mol. The van der Waals surface area contributed by atoms with E-state index in [4.69, 9.17) is 10.4 Å². The maximum atomic E-state index is 14.4. The summed E-state index contributed by atoms with van der Waals surface area (Å²) in [6.07, 6.45) is 4.12.